The van der Waals surface area contributed by atoms with Crippen molar-refractivity contribution in [2.24, 2.45) is 0 Å². The van der Waals surface area contributed by atoms with Crippen LogP contribution in [0.15, 0.2) is 30.3 Å². The summed E-state index contributed by atoms with van der Waals surface area (Å²) in [5.41, 5.74) is 4.04. The van der Waals surface area contributed by atoms with Crippen molar-refractivity contribution in [2.75, 3.05) is 0 Å². The topological polar surface area (TPSA) is 43.1 Å². The first-order valence-electron chi connectivity index (χ1n) is 5.61. The molecule has 2 heterocycles. The van der Waals surface area contributed by atoms with Crippen LogP contribution in [0.25, 0.3) is 17.0 Å². The molecule has 0 aliphatic heterocycles. The zero-order chi connectivity index (χ0) is 12.7. The third-order valence-electron chi connectivity index (χ3n) is 2.94. The van der Waals surface area contributed by atoms with E-state index < -0.39 is 0 Å². The molecule has 90 valence electrons. The van der Waals surface area contributed by atoms with Crippen LogP contribution in [-0.4, -0.2) is 19.8 Å². The van der Waals surface area contributed by atoms with Gasteiger partial charge in [0.1, 0.15) is 5.15 Å². The fraction of sp³-hybridized carbons (Fsp3) is 0.154. The van der Waals surface area contributed by atoms with E-state index in [2.05, 4.69) is 15.3 Å². The van der Waals surface area contributed by atoms with Gasteiger partial charge in [-0.15, -0.1) is 10.2 Å². The van der Waals surface area contributed by atoms with E-state index in [4.69, 9.17) is 11.6 Å². The summed E-state index contributed by atoms with van der Waals surface area (Å²) in [5.74, 6) is 0.725. The highest BCUT2D eigenvalue weighted by molar-refractivity contribution is 6.29. The van der Waals surface area contributed by atoms with Gasteiger partial charge in [0, 0.05) is 5.56 Å². The molecule has 4 nitrogen and oxygen atoms in total. The molecule has 0 saturated carbocycles. The van der Waals surface area contributed by atoms with Gasteiger partial charge in [0.2, 0.25) is 0 Å². The van der Waals surface area contributed by atoms with Crippen molar-refractivity contribution < 1.29 is 0 Å². The Kier molecular flexibility index (Phi) is 2.52. The van der Waals surface area contributed by atoms with Crippen molar-refractivity contribution >= 4 is 17.2 Å². The van der Waals surface area contributed by atoms with Crippen molar-refractivity contribution in [1.82, 2.24) is 19.8 Å². The number of rotatable bonds is 1. The van der Waals surface area contributed by atoms with Crippen LogP contribution >= 0.6 is 11.6 Å². The van der Waals surface area contributed by atoms with E-state index in [1.54, 1.807) is 16.6 Å². The minimum absolute atomic E-state index is 0.426. The van der Waals surface area contributed by atoms with E-state index >= 15 is 0 Å². The maximum absolute atomic E-state index is 5.93. The lowest BCUT2D eigenvalue weighted by molar-refractivity contribution is 0.933. The molecule has 0 bridgehead atoms. The van der Waals surface area contributed by atoms with Crippen LogP contribution in [0.2, 0.25) is 5.15 Å². The molecular weight excluding hydrogens is 248 g/mol. The Labute approximate surface area is 109 Å². The molecule has 0 saturated heterocycles. The van der Waals surface area contributed by atoms with Gasteiger partial charge in [-0.2, -0.15) is 9.61 Å². The molecule has 3 rings (SSSR count). The van der Waals surface area contributed by atoms with E-state index in [0.717, 1.165) is 22.5 Å². The van der Waals surface area contributed by atoms with Gasteiger partial charge in [-0.25, -0.2) is 0 Å². The second-order valence-electron chi connectivity index (χ2n) is 4.22. The molecule has 0 aliphatic carbocycles. The first-order chi connectivity index (χ1) is 8.66. The van der Waals surface area contributed by atoms with E-state index in [9.17, 15) is 0 Å². The van der Waals surface area contributed by atoms with Gasteiger partial charge in [-0.1, -0.05) is 29.8 Å². The number of benzene rings is 1. The molecule has 0 fully saturated rings. The third-order valence-corrected chi connectivity index (χ3v) is 3.14. The molecule has 3 aromatic rings. The highest BCUT2D eigenvalue weighted by atomic mass is 35.5. The van der Waals surface area contributed by atoms with Crippen molar-refractivity contribution in [3.8, 4) is 11.4 Å². The van der Waals surface area contributed by atoms with E-state index in [0.29, 0.717) is 10.8 Å². The Hall–Kier alpha value is -1.94. The number of hydrogen-bond acceptors (Lipinski definition) is 3. The maximum Gasteiger partial charge on any atom is 0.185 e. The smallest absolute Gasteiger partial charge is 0.185 e. The largest absolute Gasteiger partial charge is 0.191 e. The minimum Gasteiger partial charge on any atom is -0.191 e. The van der Waals surface area contributed by atoms with Gasteiger partial charge in [-0.05, 0) is 37.1 Å². The zero-order valence-electron chi connectivity index (χ0n) is 10.1. The summed E-state index contributed by atoms with van der Waals surface area (Å²) >= 11 is 5.93. The number of hydrogen-bond donors (Lipinski definition) is 0. The van der Waals surface area contributed by atoms with Gasteiger partial charge in [-0.3, -0.25) is 0 Å². The molecule has 5 heteroatoms. The van der Waals surface area contributed by atoms with Crippen molar-refractivity contribution in [3.05, 3.63) is 46.6 Å². The number of halogens is 1. The fourth-order valence-corrected chi connectivity index (χ4v) is 2.23. The monoisotopic (exact) mass is 258 g/mol. The predicted octanol–water partition coefficient (Wildman–Crippen LogP) is 3.06. The molecule has 0 radical (unpaired) electrons. The summed E-state index contributed by atoms with van der Waals surface area (Å²) in [6.45, 7) is 4.10. The Balaban J connectivity index is 2.35. The lowest BCUT2D eigenvalue weighted by Crippen LogP contribution is -1.98. The number of aryl methyl sites for hydroxylation is 2. The van der Waals surface area contributed by atoms with Crippen LogP contribution in [0.5, 0.6) is 0 Å². The average Bonchev–Trinajstić information content (AvgIpc) is 2.72. The lowest BCUT2D eigenvalue weighted by Gasteiger charge is -2.07. The number of fused-ring (bicyclic) bond motifs is 1. The van der Waals surface area contributed by atoms with E-state index in [-0.39, 0.29) is 0 Å². The Morgan fingerprint density at radius 2 is 1.72 bits per heavy atom. The second kappa shape index (κ2) is 4.07. The molecule has 1 aromatic carbocycles. The predicted molar refractivity (Wildman–Crippen MR) is 70.7 cm³/mol. The van der Waals surface area contributed by atoms with Crippen LogP contribution in [0.1, 0.15) is 11.1 Å². The molecule has 0 amide bonds. The summed E-state index contributed by atoms with van der Waals surface area (Å²) in [6, 6.07) is 9.64. The first kappa shape index (κ1) is 11.2. The van der Waals surface area contributed by atoms with E-state index in [1.165, 1.54) is 0 Å². The van der Waals surface area contributed by atoms with Crippen LogP contribution in [0, 0.1) is 13.8 Å². The quantitative estimate of drug-likeness (QED) is 0.674. The minimum atomic E-state index is 0.426. The maximum atomic E-state index is 5.93. The van der Waals surface area contributed by atoms with Crippen molar-refractivity contribution in [2.45, 2.75) is 13.8 Å². The molecule has 0 N–H and O–H groups in total. The van der Waals surface area contributed by atoms with Crippen LogP contribution in [0.3, 0.4) is 0 Å². The van der Waals surface area contributed by atoms with Gasteiger partial charge in [0.15, 0.2) is 11.5 Å². The van der Waals surface area contributed by atoms with Crippen LogP contribution in [0.4, 0.5) is 0 Å². The van der Waals surface area contributed by atoms with Gasteiger partial charge >= 0.3 is 0 Å². The zero-order valence-corrected chi connectivity index (χ0v) is 10.8. The fourth-order valence-electron chi connectivity index (χ4n) is 2.09. The normalized spacial score (nSPS) is 11.1. The van der Waals surface area contributed by atoms with Crippen molar-refractivity contribution in [1.29, 1.82) is 0 Å². The molecular formula is C13H11ClN4. The second-order valence-corrected chi connectivity index (χ2v) is 4.60. The molecule has 2 aromatic heterocycles. The first-order valence-corrected chi connectivity index (χ1v) is 5.99. The molecule has 18 heavy (non-hydrogen) atoms. The number of aromatic nitrogens is 4. The van der Waals surface area contributed by atoms with Gasteiger partial charge in [0.05, 0.1) is 0 Å². The Morgan fingerprint density at radius 3 is 2.44 bits per heavy atom. The molecule has 0 atom stereocenters. The average molecular weight is 259 g/mol. The number of nitrogens with zero attached hydrogens (tertiary/aromatic N) is 4. The SMILES string of the molecule is Cc1cccc(C)c1-c1nnc2ccc(Cl)nn12. The van der Waals surface area contributed by atoms with Crippen LogP contribution in [-0.2, 0) is 0 Å². The summed E-state index contributed by atoms with van der Waals surface area (Å²) in [5, 5.41) is 13.0. The van der Waals surface area contributed by atoms with E-state index in [1.807, 2.05) is 32.0 Å². The Morgan fingerprint density at radius 1 is 1.00 bits per heavy atom. The summed E-state index contributed by atoms with van der Waals surface area (Å²) < 4.78 is 1.68. The summed E-state index contributed by atoms with van der Waals surface area (Å²) in [7, 11) is 0. The standard InChI is InChI=1S/C13H11ClN4/c1-8-4-3-5-9(2)12(8)13-16-15-11-7-6-10(14)17-18(11)13/h3-7H,1-2H3. The van der Waals surface area contributed by atoms with Gasteiger partial charge < -0.3 is 0 Å². The van der Waals surface area contributed by atoms with Crippen LogP contribution < -0.4 is 0 Å². The molecule has 0 unspecified atom stereocenters. The van der Waals surface area contributed by atoms with Crippen molar-refractivity contribution in [3.63, 3.8) is 0 Å². The molecule has 0 aliphatic rings. The highest BCUT2D eigenvalue weighted by Gasteiger charge is 2.13. The summed E-state index contributed by atoms with van der Waals surface area (Å²) in [4.78, 5) is 0. The van der Waals surface area contributed by atoms with Gasteiger partial charge in [0.25, 0.3) is 0 Å². The Bertz CT molecular complexity index is 713. The highest BCUT2D eigenvalue weighted by Crippen LogP contribution is 2.25. The summed E-state index contributed by atoms with van der Waals surface area (Å²) in [6.07, 6.45) is 0. The lowest BCUT2D eigenvalue weighted by atomic mass is 10.0. The molecule has 0 spiro atoms. The third kappa shape index (κ3) is 1.66.